The van der Waals surface area contributed by atoms with Crippen LogP contribution in [-0.4, -0.2) is 51.4 Å². The smallest absolute Gasteiger partial charge is 0.264 e. The molecule has 0 bridgehead atoms. The second-order valence-electron chi connectivity index (χ2n) is 9.46. The minimum Gasteiger partial charge on any atom is -0.495 e. The van der Waals surface area contributed by atoms with Crippen molar-refractivity contribution in [3.63, 3.8) is 0 Å². The van der Waals surface area contributed by atoms with E-state index < -0.39 is 28.5 Å². The number of nitrogens with one attached hydrogen (secondary N) is 1. The number of hydrogen-bond donors (Lipinski definition) is 1. The van der Waals surface area contributed by atoms with E-state index in [1.807, 2.05) is 13.8 Å². The molecule has 8 nitrogen and oxygen atoms in total. The van der Waals surface area contributed by atoms with Crippen LogP contribution in [0.3, 0.4) is 0 Å². The van der Waals surface area contributed by atoms with Gasteiger partial charge < -0.3 is 15.0 Å². The van der Waals surface area contributed by atoms with Crippen LogP contribution in [0.15, 0.2) is 83.8 Å². The average molecular weight is 572 g/mol. The Hall–Kier alpha value is -3.56. The van der Waals surface area contributed by atoms with E-state index in [-0.39, 0.29) is 34.7 Å². The van der Waals surface area contributed by atoms with E-state index in [9.17, 15) is 18.0 Å². The van der Waals surface area contributed by atoms with Gasteiger partial charge >= 0.3 is 0 Å². The SMILES string of the molecule is COc1ccccc1N(CC(=O)N(Cc1cccc(Cl)c1)[C@@H](C)C(=O)NCC(C)C)S(=O)(=O)c1ccccc1. The molecular weight excluding hydrogens is 538 g/mol. The van der Waals surface area contributed by atoms with Crippen LogP contribution in [-0.2, 0) is 26.2 Å². The summed E-state index contributed by atoms with van der Waals surface area (Å²) in [5.41, 5.74) is 0.908. The van der Waals surface area contributed by atoms with E-state index in [2.05, 4.69) is 5.32 Å². The highest BCUT2D eigenvalue weighted by molar-refractivity contribution is 7.92. The Kier molecular flexibility index (Phi) is 10.4. The number of anilines is 1. The average Bonchev–Trinajstić information content (AvgIpc) is 2.93. The summed E-state index contributed by atoms with van der Waals surface area (Å²) in [5.74, 6) is -0.398. The van der Waals surface area contributed by atoms with Gasteiger partial charge in [0.05, 0.1) is 17.7 Å². The molecule has 1 N–H and O–H groups in total. The lowest BCUT2D eigenvalue weighted by Crippen LogP contribution is -2.51. The van der Waals surface area contributed by atoms with Gasteiger partial charge in [0.25, 0.3) is 10.0 Å². The molecule has 2 amide bonds. The molecule has 0 aliphatic rings. The van der Waals surface area contributed by atoms with E-state index in [1.54, 1.807) is 73.7 Å². The van der Waals surface area contributed by atoms with Gasteiger partial charge in [0.1, 0.15) is 18.3 Å². The Bertz CT molecular complexity index is 1380. The van der Waals surface area contributed by atoms with E-state index >= 15 is 0 Å². The molecule has 3 aromatic carbocycles. The Morgan fingerprint density at radius 1 is 0.949 bits per heavy atom. The van der Waals surface area contributed by atoms with Gasteiger partial charge in [-0.1, -0.05) is 67.9 Å². The maximum absolute atomic E-state index is 13.9. The minimum absolute atomic E-state index is 0.0211. The third-order valence-corrected chi connectivity index (χ3v) is 8.07. The summed E-state index contributed by atoms with van der Waals surface area (Å²) in [7, 11) is -2.75. The van der Waals surface area contributed by atoms with Crippen molar-refractivity contribution >= 4 is 39.1 Å². The Morgan fingerprint density at radius 2 is 1.62 bits per heavy atom. The Morgan fingerprint density at radius 3 is 2.26 bits per heavy atom. The van der Waals surface area contributed by atoms with Crippen molar-refractivity contribution in [1.82, 2.24) is 10.2 Å². The van der Waals surface area contributed by atoms with Gasteiger partial charge in [-0.3, -0.25) is 13.9 Å². The van der Waals surface area contributed by atoms with Crippen molar-refractivity contribution in [3.05, 3.63) is 89.4 Å². The van der Waals surface area contributed by atoms with Crippen molar-refractivity contribution in [3.8, 4) is 5.75 Å². The molecule has 0 heterocycles. The first-order valence-electron chi connectivity index (χ1n) is 12.6. The molecule has 0 aromatic heterocycles. The van der Waals surface area contributed by atoms with Gasteiger partial charge in [0.2, 0.25) is 11.8 Å². The molecule has 0 aliphatic heterocycles. The zero-order valence-electron chi connectivity index (χ0n) is 22.5. The minimum atomic E-state index is -4.18. The summed E-state index contributed by atoms with van der Waals surface area (Å²) in [6, 6.07) is 20.5. The zero-order chi connectivity index (χ0) is 28.6. The predicted octanol–water partition coefficient (Wildman–Crippen LogP) is 4.73. The number of sulfonamides is 1. The Labute approximate surface area is 235 Å². The number of carbonyl (C=O) groups excluding carboxylic acids is 2. The molecular formula is C29H34ClN3O5S. The number of benzene rings is 3. The highest BCUT2D eigenvalue weighted by Gasteiger charge is 2.33. The van der Waals surface area contributed by atoms with Crippen molar-refractivity contribution in [1.29, 1.82) is 0 Å². The summed E-state index contributed by atoms with van der Waals surface area (Å²) < 4.78 is 34.2. The standard InChI is InChI=1S/C29H34ClN3O5S/c1-21(2)18-31-29(35)22(3)32(19-23-11-10-12-24(30)17-23)28(34)20-33(26-15-8-9-16-27(26)38-4)39(36,37)25-13-6-5-7-14-25/h5-17,21-22H,18-20H2,1-4H3,(H,31,35)/t22-/m0/s1. The first kappa shape index (κ1) is 30.0. The monoisotopic (exact) mass is 571 g/mol. The second kappa shape index (κ2) is 13.5. The third-order valence-electron chi connectivity index (χ3n) is 6.06. The molecule has 0 saturated carbocycles. The van der Waals surface area contributed by atoms with E-state index in [1.165, 1.54) is 24.1 Å². The summed E-state index contributed by atoms with van der Waals surface area (Å²) in [6.07, 6.45) is 0. The molecule has 0 fully saturated rings. The molecule has 1 atom stereocenters. The van der Waals surface area contributed by atoms with Gasteiger partial charge in [0.15, 0.2) is 0 Å². The summed E-state index contributed by atoms with van der Waals surface area (Å²) in [6.45, 7) is 5.51. The fraction of sp³-hybridized carbons (Fsp3) is 0.310. The molecule has 39 heavy (non-hydrogen) atoms. The number of hydrogen-bond acceptors (Lipinski definition) is 5. The summed E-state index contributed by atoms with van der Waals surface area (Å²) in [4.78, 5) is 28.4. The molecule has 3 aromatic rings. The van der Waals surface area contributed by atoms with Crippen molar-refractivity contribution in [2.24, 2.45) is 5.92 Å². The quantitative estimate of drug-likeness (QED) is 0.339. The Balaban J connectivity index is 2.04. The number of carbonyl (C=O) groups is 2. The maximum atomic E-state index is 13.9. The molecule has 0 aliphatic carbocycles. The molecule has 10 heteroatoms. The van der Waals surface area contributed by atoms with Gasteiger partial charge in [0, 0.05) is 18.1 Å². The van der Waals surface area contributed by atoms with Crippen LogP contribution >= 0.6 is 11.6 Å². The van der Waals surface area contributed by atoms with Gasteiger partial charge in [-0.2, -0.15) is 0 Å². The summed E-state index contributed by atoms with van der Waals surface area (Å²) in [5, 5.41) is 3.35. The van der Waals surface area contributed by atoms with Crippen molar-refractivity contribution < 1.29 is 22.7 Å². The van der Waals surface area contributed by atoms with E-state index in [0.717, 1.165) is 4.31 Å². The lowest BCUT2D eigenvalue weighted by Gasteiger charge is -2.32. The number of nitrogens with zero attached hydrogens (tertiary/aromatic N) is 2. The molecule has 0 unspecified atom stereocenters. The number of para-hydroxylation sites is 2. The number of amides is 2. The normalized spacial score (nSPS) is 12.1. The van der Waals surface area contributed by atoms with Crippen LogP contribution in [0.25, 0.3) is 0 Å². The van der Waals surface area contributed by atoms with Crippen molar-refractivity contribution in [2.45, 2.75) is 38.3 Å². The largest absolute Gasteiger partial charge is 0.495 e. The topological polar surface area (TPSA) is 96.0 Å². The fourth-order valence-electron chi connectivity index (χ4n) is 3.94. The van der Waals surface area contributed by atoms with Crippen LogP contribution in [0.5, 0.6) is 5.75 Å². The zero-order valence-corrected chi connectivity index (χ0v) is 24.1. The fourth-order valence-corrected chi connectivity index (χ4v) is 5.59. The first-order valence-corrected chi connectivity index (χ1v) is 14.4. The van der Waals surface area contributed by atoms with Gasteiger partial charge in [-0.25, -0.2) is 8.42 Å². The number of ether oxygens (including phenoxy) is 1. The molecule has 0 radical (unpaired) electrons. The molecule has 3 rings (SSSR count). The first-order chi connectivity index (χ1) is 18.5. The highest BCUT2D eigenvalue weighted by atomic mass is 35.5. The highest BCUT2D eigenvalue weighted by Crippen LogP contribution is 2.32. The van der Waals surface area contributed by atoms with E-state index in [0.29, 0.717) is 17.1 Å². The van der Waals surface area contributed by atoms with E-state index in [4.69, 9.17) is 16.3 Å². The molecule has 0 spiro atoms. The maximum Gasteiger partial charge on any atom is 0.264 e. The molecule has 208 valence electrons. The summed E-state index contributed by atoms with van der Waals surface area (Å²) >= 11 is 6.18. The number of methoxy groups -OCH3 is 1. The van der Waals surface area contributed by atoms with Crippen LogP contribution in [0.4, 0.5) is 5.69 Å². The predicted molar refractivity (Wildman–Crippen MR) is 153 cm³/mol. The van der Waals surface area contributed by atoms with Crippen LogP contribution in [0, 0.1) is 5.92 Å². The van der Waals surface area contributed by atoms with Gasteiger partial charge in [-0.15, -0.1) is 0 Å². The third kappa shape index (κ3) is 7.74. The van der Waals surface area contributed by atoms with Crippen LogP contribution in [0.2, 0.25) is 5.02 Å². The lowest BCUT2D eigenvalue weighted by molar-refractivity contribution is -0.139. The second-order valence-corrected chi connectivity index (χ2v) is 11.8. The molecule has 0 saturated heterocycles. The lowest BCUT2D eigenvalue weighted by atomic mass is 10.1. The van der Waals surface area contributed by atoms with Crippen LogP contribution in [0.1, 0.15) is 26.3 Å². The number of halogens is 1. The van der Waals surface area contributed by atoms with Crippen molar-refractivity contribution in [2.75, 3.05) is 24.5 Å². The van der Waals surface area contributed by atoms with Gasteiger partial charge in [-0.05, 0) is 54.8 Å². The van der Waals surface area contributed by atoms with Crippen LogP contribution < -0.4 is 14.4 Å². The number of rotatable bonds is 12.